The third-order valence-corrected chi connectivity index (χ3v) is 8.36. The van der Waals surface area contributed by atoms with Crippen molar-refractivity contribution in [1.82, 2.24) is 15.2 Å². The van der Waals surface area contributed by atoms with Crippen molar-refractivity contribution in [2.75, 3.05) is 38.3 Å². The Kier molecular flexibility index (Phi) is 9.54. The molecule has 9 heteroatoms. The summed E-state index contributed by atoms with van der Waals surface area (Å²) in [6.45, 7) is 7.75. The molecule has 3 heterocycles. The van der Waals surface area contributed by atoms with Crippen molar-refractivity contribution in [3.63, 3.8) is 0 Å². The predicted molar refractivity (Wildman–Crippen MR) is 160 cm³/mol. The minimum absolute atomic E-state index is 0.0168. The number of pyridine rings is 1. The van der Waals surface area contributed by atoms with Gasteiger partial charge in [0.2, 0.25) is 11.8 Å². The van der Waals surface area contributed by atoms with Gasteiger partial charge in [0.25, 0.3) is 5.91 Å². The van der Waals surface area contributed by atoms with Crippen LogP contribution < -0.4 is 19.7 Å². The number of fused-ring (bicyclic) bond motifs is 1. The van der Waals surface area contributed by atoms with Crippen LogP contribution in [0.2, 0.25) is 0 Å². The zero-order valence-electron chi connectivity index (χ0n) is 24.6. The molecule has 1 saturated heterocycles. The van der Waals surface area contributed by atoms with Crippen LogP contribution in [-0.4, -0.2) is 73.0 Å². The van der Waals surface area contributed by atoms with E-state index >= 15 is 0 Å². The smallest absolute Gasteiger partial charge is 0.278 e. The number of hydrogen-bond acceptors (Lipinski definition) is 6. The number of hydrogen-bond donors (Lipinski definition) is 1. The Morgan fingerprint density at radius 2 is 1.80 bits per heavy atom. The molecule has 2 amide bonds. The first kappa shape index (κ1) is 29.0. The second-order valence-electron chi connectivity index (χ2n) is 11.7. The molecule has 2 aliphatic heterocycles. The zero-order chi connectivity index (χ0) is 28.8. The molecule has 1 saturated carbocycles. The molecular weight excluding hydrogens is 518 g/mol. The van der Waals surface area contributed by atoms with Gasteiger partial charge in [0.1, 0.15) is 18.2 Å². The van der Waals surface area contributed by atoms with Crippen molar-refractivity contribution in [1.29, 1.82) is 0 Å². The number of likely N-dealkylation sites (tertiary alicyclic amines) is 1. The standard InChI is InChI=1S/C32H43N5O4/c1-22(2)34-31(38)23-7-11-26(12-8-23)37-28-20-30(41-18-17-36-15-5-4-6-16-36)33-21-25(28)19-29(37)35-32(39)24-9-13-27(40-3)14-10-24/h9-10,13-14,20-23,26H,4-8,11-12,15-19H2,1-3H3,(H,34,38). The monoisotopic (exact) mass is 561 g/mol. The number of carbonyl (C=O) groups excluding carboxylic acids is 2. The van der Waals surface area contributed by atoms with Crippen molar-refractivity contribution in [3.05, 3.63) is 47.7 Å². The number of carbonyl (C=O) groups is 2. The van der Waals surface area contributed by atoms with E-state index in [2.05, 4.69) is 25.1 Å². The number of rotatable bonds is 9. The van der Waals surface area contributed by atoms with Crippen LogP contribution in [0.4, 0.5) is 5.69 Å². The van der Waals surface area contributed by atoms with E-state index in [1.165, 1.54) is 19.3 Å². The average Bonchev–Trinajstić information content (AvgIpc) is 3.34. The summed E-state index contributed by atoms with van der Waals surface area (Å²) in [6.07, 6.45) is 9.52. The van der Waals surface area contributed by atoms with E-state index in [1.54, 1.807) is 31.4 Å². The van der Waals surface area contributed by atoms with E-state index in [0.717, 1.165) is 62.4 Å². The minimum Gasteiger partial charge on any atom is -0.497 e. The van der Waals surface area contributed by atoms with Gasteiger partial charge in [-0.3, -0.25) is 14.5 Å². The Labute approximate surface area is 243 Å². The van der Waals surface area contributed by atoms with E-state index in [1.807, 2.05) is 26.1 Å². The van der Waals surface area contributed by atoms with Crippen molar-refractivity contribution < 1.29 is 19.1 Å². The third-order valence-electron chi connectivity index (χ3n) is 8.36. The van der Waals surface area contributed by atoms with Gasteiger partial charge in [-0.1, -0.05) is 6.42 Å². The summed E-state index contributed by atoms with van der Waals surface area (Å²) < 4.78 is 11.3. The zero-order valence-corrected chi connectivity index (χ0v) is 24.6. The first-order valence-corrected chi connectivity index (χ1v) is 15.1. The molecule has 5 rings (SSSR count). The van der Waals surface area contributed by atoms with E-state index in [0.29, 0.717) is 30.2 Å². The number of nitrogens with one attached hydrogen (secondary N) is 1. The molecule has 0 atom stereocenters. The van der Waals surface area contributed by atoms with Crippen LogP contribution in [0.15, 0.2) is 41.5 Å². The second kappa shape index (κ2) is 13.5. The molecule has 2 aromatic rings. The Hall–Kier alpha value is -3.46. The molecule has 9 nitrogen and oxygen atoms in total. The number of amidine groups is 1. The molecule has 0 unspecified atom stereocenters. The molecule has 1 aliphatic carbocycles. The molecule has 1 aromatic heterocycles. The Balaban J connectivity index is 1.34. The normalized spacial score (nSPS) is 22.0. The first-order chi connectivity index (χ1) is 19.9. The van der Waals surface area contributed by atoms with Gasteiger partial charge in [-0.05, 0) is 89.7 Å². The molecule has 41 heavy (non-hydrogen) atoms. The average molecular weight is 562 g/mol. The van der Waals surface area contributed by atoms with Gasteiger partial charge in [0.15, 0.2) is 0 Å². The Morgan fingerprint density at radius 3 is 2.49 bits per heavy atom. The maximum atomic E-state index is 13.2. The number of aliphatic imine (C=N–C) groups is 1. The topological polar surface area (TPSA) is 96.4 Å². The van der Waals surface area contributed by atoms with Gasteiger partial charge >= 0.3 is 0 Å². The summed E-state index contributed by atoms with van der Waals surface area (Å²) in [5, 5.41) is 3.07. The Bertz CT molecular complexity index is 1230. The molecule has 1 aromatic carbocycles. The number of benzene rings is 1. The van der Waals surface area contributed by atoms with Gasteiger partial charge in [-0.25, -0.2) is 4.98 Å². The van der Waals surface area contributed by atoms with Crippen LogP contribution in [0.1, 0.15) is 74.7 Å². The van der Waals surface area contributed by atoms with Crippen LogP contribution in [-0.2, 0) is 11.2 Å². The number of ether oxygens (including phenoxy) is 2. The molecule has 1 N–H and O–H groups in total. The second-order valence-corrected chi connectivity index (χ2v) is 11.7. The highest BCUT2D eigenvalue weighted by Gasteiger charge is 2.36. The SMILES string of the molecule is COc1ccc(C(=O)N=C2Cc3cnc(OCCN4CCCCC4)cc3N2C2CCC(C(=O)NC(C)C)CC2)cc1. The maximum Gasteiger partial charge on any atom is 0.278 e. The fourth-order valence-electron chi connectivity index (χ4n) is 6.17. The van der Waals surface area contributed by atoms with Gasteiger partial charge < -0.3 is 19.7 Å². The van der Waals surface area contributed by atoms with Crippen molar-refractivity contribution in [2.24, 2.45) is 10.9 Å². The van der Waals surface area contributed by atoms with Crippen LogP contribution in [0.3, 0.4) is 0 Å². The number of amides is 2. The largest absolute Gasteiger partial charge is 0.497 e. The first-order valence-electron chi connectivity index (χ1n) is 15.1. The van der Waals surface area contributed by atoms with Gasteiger partial charge in [-0.2, -0.15) is 4.99 Å². The quantitative estimate of drug-likeness (QED) is 0.477. The summed E-state index contributed by atoms with van der Waals surface area (Å²) in [6, 6.07) is 9.31. The molecule has 0 spiro atoms. The van der Waals surface area contributed by atoms with Crippen LogP contribution in [0, 0.1) is 5.92 Å². The fraction of sp³-hybridized carbons (Fsp3) is 0.562. The number of methoxy groups -OCH3 is 1. The highest BCUT2D eigenvalue weighted by Crippen LogP contribution is 2.38. The minimum atomic E-state index is -0.281. The number of piperidine rings is 1. The number of anilines is 1. The summed E-state index contributed by atoms with van der Waals surface area (Å²) in [4.78, 5) is 39.8. The fourth-order valence-corrected chi connectivity index (χ4v) is 6.17. The lowest BCUT2D eigenvalue weighted by molar-refractivity contribution is -0.126. The van der Waals surface area contributed by atoms with E-state index in [4.69, 9.17) is 9.47 Å². The summed E-state index contributed by atoms with van der Waals surface area (Å²) in [5.74, 6) is 1.89. The molecular formula is C32H43N5O4. The highest BCUT2D eigenvalue weighted by molar-refractivity contribution is 6.12. The lowest BCUT2D eigenvalue weighted by Crippen LogP contribution is -2.44. The molecule has 0 radical (unpaired) electrons. The molecule has 220 valence electrons. The maximum absolute atomic E-state index is 13.2. The van der Waals surface area contributed by atoms with Crippen molar-refractivity contribution in [3.8, 4) is 11.6 Å². The van der Waals surface area contributed by atoms with Crippen LogP contribution in [0.25, 0.3) is 0 Å². The molecule has 0 bridgehead atoms. The predicted octanol–water partition coefficient (Wildman–Crippen LogP) is 4.64. The third kappa shape index (κ3) is 7.25. The lowest BCUT2D eigenvalue weighted by atomic mass is 9.84. The van der Waals surface area contributed by atoms with Crippen molar-refractivity contribution >= 4 is 23.3 Å². The summed E-state index contributed by atoms with van der Waals surface area (Å²) in [7, 11) is 1.60. The Morgan fingerprint density at radius 1 is 1.07 bits per heavy atom. The summed E-state index contributed by atoms with van der Waals surface area (Å²) in [5.41, 5.74) is 2.56. The van der Waals surface area contributed by atoms with Gasteiger partial charge in [0, 0.05) is 54.4 Å². The van der Waals surface area contributed by atoms with E-state index < -0.39 is 0 Å². The summed E-state index contributed by atoms with van der Waals surface area (Å²) >= 11 is 0. The lowest BCUT2D eigenvalue weighted by Gasteiger charge is -2.36. The van der Waals surface area contributed by atoms with E-state index in [9.17, 15) is 9.59 Å². The molecule has 3 aliphatic rings. The van der Waals surface area contributed by atoms with Gasteiger partial charge in [0.05, 0.1) is 12.8 Å². The number of aromatic nitrogens is 1. The van der Waals surface area contributed by atoms with E-state index in [-0.39, 0.29) is 29.8 Å². The van der Waals surface area contributed by atoms with Gasteiger partial charge in [-0.15, -0.1) is 0 Å². The van der Waals surface area contributed by atoms with Crippen molar-refractivity contribution in [2.45, 2.75) is 77.3 Å². The van der Waals surface area contributed by atoms with Crippen LogP contribution in [0.5, 0.6) is 11.6 Å². The number of nitrogens with zero attached hydrogens (tertiary/aromatic N) is 4. The molecule has 2 fully saturated rings. The van der Waals surface area contributed by atoms with Crippen LogP contribution >= 0.6 is 0 Å². The highest BCUT2D eigenvalue weighted by atomic mass is 16.5.